The maximum atomic E-state index is 16.1. The molecule has 2 heterocycles. The van der Waals surface area contributed by atoms with Crippen LogP contribution in [0.4, 0.5) is 4.39 Å². The van der Waals surface area contributed by atoms with Crippen LogP contribution >= 0.6 is 7.60 Å². The number of alkyl halides is 1. The first kappa shape index (κ1) is 26.3. The lowest BCUT2D eigenvalue weighted by atomic mass is 9.96. The van der Waals surface area contributed by atoms with Crippen molar-refractivity contribution >= 4 is 13.6 Å². The number of rotatable bonds is 10. The van der Waals surface area contributed by atoms with Crippen molar-refractivity contribution in [2.75, 3.05) is 12.7 Å². The first-order valence-electron chi connectivity index (χ1n) is 12.5. The minimum atomic E-state index is -4.61. The van der Waals surface area contributed by atoms with Gasteiger partial charge < -0.3 is 19.1 Å². The molecular weight excluding hydrogens is 524 g/mol. The summed E-state index contributed by atoms with van der Waals surface area (Å²) in [5.74, 6) is 2.50. The SMILES string of the molecule is [2H]C([2H])(O[P@@](=O)(C[C@@H](C)C(=O)OC(C)C)Oc1ccccc1)[C@H]1O[C@@H](n2cnc(=O)[nH]c2=O)C(F)(C#CC)[C@H]1O. The third-order valence-corrected chi connectivity index (χ3v) is 7.08. The van der Waals surface area contributed by atoms with E-state index < -0.39 is 73.8 Å². The highest BCUT2D eigenvalue weighted by atomic mass is 31.2. The lowest BCUT2D eigenvalue weighted by molar-refractivity contribution is -0.151. The van der Waals surface area contributed by atoms with Crippen LogP contribution in [0.5, 0.6) is 5.75 Å². The standard InChI is InChI=1S/C24H29FN3O9P/c1-5-11-24(25)19(29)18(36-21(24)28-14-26-22(31)27-23(28)32)12-34-38(33,37-17-9-7-6-8-10-17)13-16(4)20(30)35-15(2)3/h6-10,14-16,18-19,21,29H,12-13H2,1-4H3,(H,27,31,32)/t16-,18-,19+,21-,24?,38+/m1/s1/i12D2. The van der Waals surface area contributed by atoms with Gasteiger partial charge in [-0.2, -0.15) is 4.98 Å². The quantitative estimate of drug-likeness (QED) is 0.251. The third-order valence-electron chi connectivity index (χ3n) is 5.22. The average Bonchev–Trinajstić information content (AvgIpc) is 3.10. The van der Waals surface area contributed by atoms with Crippen molar-refractivity contribution in [1.82, 2.24) is 14.5 Å². The lowest BCUT2D eigenvalue weighted by Crippen LogP contribution is -2.45. The molecule has 12 nitrogen and oxygen atoms in total. The van der Waals surface area contributed by atoms with Crippen LogP contribution in [-0.2, 0) is 23.4 Å². The number of carbonyl (C=O) groups excluding carboxylic acids is 1. The Kier molecular flexibility index (Phi) is 8.34. The number of aromatic nitrogens is 3. The Morgan fingerprint density at radius 2 is 2.05 bits per heavy atom. The van der Waals surface area contributed by atoms with E-state index in [1.807, 2.05) is 0 Å². The summed E-state index contributed by atoms with van der Waals surface area (Å²) in [5, 5.41) is 10.9. The fourth-order valence-electron chi connectivity index (χ4n) is 3.51. The molecule has 0 bridgehead atoms. The minimum Gasteiger partial charge on any atom is -0.463 e. The summed E-state index contributed by atoms with van der Waals surface area (Å²) in [6.45, 7) is 2.59. The molecule has 1 unspecified atom stereocenters. The number of benzene rings is 1. The van der Waals surface area contributed by atoms with E-state index in [4.69, 9.17) is 21.3 Å². The van der Waals surface area contributed by atoms with E-state index in [0.717, 1.165) is 0 Å². The van der Waals surface area contributed by atoms with Crippen LogP contribution in [0.1, 0.15) is 36.7 Å². The normalized spacial score (nSPS) is 26.3. The first-order valence-corrected chi connectivity index (χ1v) is 13.2. The summed E-state index contributed by atoms with van der Waals surface area (Å²) in [6.07, 6.45) is -7.21. The van der Waals surface area contributed by atoms with Gasteiger partial charge in [0.2, 0.25) is 5.67 Å². The summed E-state index contributed by atoms with van der Waals surface area (Å²) in [5.41, 5.74) is -5.31. The van der Waals surface area contributed by atoms with Gasteiger partial charge in [-0.1, -0.05) is 31.0 Å². The molecule has 1 aromatic carbocycles. The van der Waals surface area contributed by atoms with Crippen molar-refractivity contribution in [3.05, 3.63) is 57.6 Å². The van der Waals surface area contributed by atoms with Crippen LogP contribution in [0.25, 0.3) is 0 Å². The van der Waals surface area contributed by atoms with Gasteiger partial charge in [0, 0.05) is 0 Å². The summed E-state index contributed by atoms with van der Waals surface area (Å²) >= 11 is 0. The third kappa shape index (κ3) is 6.76. The predicted molar refractivity (Wildman–Crippen MR) is 132 cm³/mol. The molecule has 1 aliphatic rings. The number of halogens is 1. The van der Waals surface area contributed by atoms with Gasteiger partial charge in [0.1, 0.15) is 24.3 Å². The second kappa shape index (κ2) is 12.0. The number of hydrogen-bond acceptors (Lipinski definition) is 10. The summed E-state index contributed by atoms with van der Waals surface area (Å²) in [4.78, 5) is 41.3. The molecule has 6 atom stereocenters. The van der Waals surface area contributed by atoms with Crippen molar-refractivity contribution in [3.8, 4) is 17.6 Å². The number of hydrogen-bond donors (Lipinski definition) is 2. The molecule has 0 amide bonds. The maximum absolute atomic E-state index is 16.1. The van der Waals surface area contributed by atoms with Gasteiger partial charge in [-0.15, -0.1) is 5.92 Å². The van der Waals surface area contributed by atoms with Gasteiger partial charge in [0.25, 0.3) is 0 Å². The molecule has 0 saturated carbocycles. The van der Waals surface area contributed by atoms with Gasteiger partial charge in [0.15, 0.2) is 6.23 Å². The fourth-order valence-corrected chi connectivity index (χ4v) is 5.23. The fraction of sp³-hybridized carbons (Fsp3) is 0.500. The first-order chi connectivity index (χ1) is 18.6. The Bertz CT molecular complexity index is 1440. The van der Waals surface area contributed by atoms with E-state index >= 15 is 4.39 Å². The Labute approximate surface area is 220 Å². The van der Waals surface area contributed by atoms with Crippen LogP contribution < -0.4 is 15.9 Å². The van der Waals surface area contributed by atoms with E-state index in [2.05, 4.69) is 16.8 Å². The van der Waals surface area contributed by atoms with Crippen molar-refractivity contribution in [1.29, 1.82) is 0 Å². The van der Waals surface area contributed by atoms with E-state index in [9.17, 15) is 24.1 Å². The van der Waals surface area contributed by atoms with Crippen molar-refractivity contribution in [2.45, 2.75) is 57.9 Å². The molecule has 206 valence electrons. The molecule has 0 spiro atoms. The predicted octanol–water partition coefficient (Wildman–Crippen LogP) is 1.80. The molecule has 0 radical (unpaired) electrons. The van der Waals surface area contributed by atoms with Gasteiger partial charge in [0.05, 0.1) is 27.5 Å². The maximum Gasteiger partial charge on any atom is 0.380 e. The highest BCUT2D eigenvalue weighted by Crippen LogP contribution is 2.51. The van der Waals surface area contributed by atoms with Crippen molar-refractivity contribution in [2.24, 2.45) is 5.92 Å². The van der Waals surface area contributed by atoms with Gasteiger partial charge in [-0.3, -0.25) is 18.9 Å². The second-order valence-electron chi connectivity index (χ2n) is 8.68. The number of aliphatic hydroxyl groups excluding tert-OH is 1. The topological polar surface area (TPSA) is 159 Å². The van der Waals surface area contributed by atoms with E-state index in [1.165, 1.54) is 26.0 Å². The second-order valence-corrected chi connectivity index (χ2v) is 10.6. The molecule has 1 aromatic heterocycles. The number of aliphatic hydroxyl groups is 1. The Balaban J connectivity index is 1.99. The number of nitrogens with one attached hydrogen (secondary N) is 1. The number of H-pyrrole nitrogens is 1. The smallest absolute Gasteiger partial charge is 0.380 e. The summed E-state index contributed by atoms with van der Waals surface area (Å²) in [6, 6.07) is 7.58. The van der Waals surface area contributed by atoms with E-state index in [-0.39, 0.29) is 5.75 Å². The van der Waals surface area contributed by atoms with Crippen LogP contribution in [0, 0.1) is 17.8 Å². The number of aromatic amines is 1. The summed E-state index contributed by atoms with van der Waals surface area (Å²) in [7, 11) is -4.61. The number of ether oxygens (including phenoxy) is 2. The number of nitrogens with zero attached hydrogens (tertiary/aromatic N) is 2. The van der Waals surface area contributed by atoms with E-state index in [1.54, 1.807) is 37.0 Å². The molecule has 0 aliphatic carbocycles. The molecule has 2 aromatic rings. The zero-order chi connectivity index (χ0) is 29.9. The van der Waals surface area contributed by atoms with Gasteiger partial charge in [-0.25, -0.2) is 18.5 Å². The summed E-state index contributed by atoms with van der Waals surface area (Å²) < 4.78 is 68.9. The van der Waals surface area contributed by atoms with Crippen LogP contribution in [-0.4, -0.2) is 62.3 Å². The average molecular weight is 555 g/mol. The highest BCUT2D eigenvalue weighted by Gasteiger charge is 2.58. The van der Waals surface area contributed by atoms with E-state index in [0.29, 0.717) is 10.9 Å². The molecular formula is C24H29FN3O9P. The zero-order valence-corrected chi connectivity index (χ0v) is 21.9. The van der Waals surface area contributed by atoms with Crippen LogP contribution in [0.2, 0.25) is 0 Å². The van der Waals surface area contributed by atoms with Crippen molar-refractivity contribution in [3.63, 3.8) is 0 Å². The van der Waals surface area contributed by atoms with Gasteiger partial charge >= 0.3 is 24.9 Å². The monoisotopic (exact) mass is 555 g/mol. The number of para-hydroxylation sites is 1. The molecule has 38 heavy (non-hydrogen) atoms. The Morgan fingerprint density at radius 3 is 2.66 bits per heavy atom. The highest BCUT2D eigenvalue weighted by molar-refractivity contribution is 7.54. The minimum absolute atomic E-state index is 0.0133. The molecule has 14 heteroatoms. The molecule has 1 fully saturated rings. The largest absolute Gasteiger partial charge is 0.463 e. The van der Waals surface area contributed by atoms with Crippen LogP contribution in [0.15, 0.2) is 46.2 Å². The molecule has 1 aliphatic heterocycles. The van der Waals surface area contributed by atoms with Crippen LogP contribution in [0.3, 0.4) is 0 Å². The lowest BCUT2D eigenvalue weighted by Gasteiger charge is -2.24. The Morgan fingerprint density at radius 1 is 1.37 bits per heavy atom. The van der Waals surface area contributed by atoms with Crippen molar-refractivity contribution < 1.29 is 40.1 Å². The molecule has 3 rings (SSSR count). The zero-order valence-electron chi connectivity index (χ0n) is 23.0. The number of carbonyl (C=O) groups is 1. The Hall–Kier alpha value is -3.30. The molecule has 2 N–H and O–H groups in total. The number of esters is 1. The molecule has 1 saturated heterocycles. The van der Waals surface area contributed by atoms with Gasteiger partial charge in [-0.05, 0) is 32.9 Å².